The van der Waals surface area contributed by atoms with Gasteiger partial charge in [0.2, 0.25) is 0 Å². The molecule has 0 aliphatic carbocycles. The lowest BCUT2D eigenvalue weighted by Gasteiger charge is -2.30. The molecule has 0 saturated carbocycles. The normalized spacial score (nSPS) is 17.3. The first-order chi connectivity index (χ1) is 18.9. The van der Waals surface area contributed by atoms with E-state index in [0.717, 1.165) is 27.1 Å². The molecule has 7 nitrogen and oxygen atoms in total. The van der Waals surface area contributed by atoms with Gasteiger partial charge in [0.15, 0.2) is 17.7 Å². The summed E-state index contributed by atoms with van der Waals surface area (Å²) in [6.07, 6.45) is -0.163. The van der Waals surface area contributed by atoms with Crippen molar-refractivity contribution in [3.05, 3.63) is 88.5 Å². The molecule has 40 heavy (non-hydrogen) atoms. The van der Waals surface area contributed by atoms with E-state index in [0.29, 0.717) is 23.6 Å². The molecule has 3 aromatic rings. The highest BCUT2D eigenvalue weighted by molar-refractivity contribution is 7.98. The minimum Gasteiger partial charge on any atom is -0.482 e. The van der Waals surface area contributed by atoms with E-state index in [1.54, 1.807) is 42.6 Å². The van der Waals surface area contributed by atoms with Gasteiger partial charge < -0.3 is 24.6 Å². The number of carbonyl (C=O) groups is 2. The predicted molar refractivity (Wildman–Crippen MR) is 156 cm³/mol. The Morgan fingerprint density at radius 1 is 0.950 bits per heavy atom. The van der Waals surface area contributed by atoms with Gasteiger partial charge >= 0.3 is 6.09 Å². The third-order valence-electron chi connectivity index (χ3n) is 7.41. The molecule has 0 spiro atoms. The van der Waals surface area contributed by atoms with Crippen molar-refractivity contribution in [1.82, 2.24) is 4.90 Å². The average Bonchev–Trinajstić information content (AvgIpc) is 3.37. The number of thioether (sulfide) groups is 1. The molecule has 212 valence electrons. The molecule has 3 aromatic carbocycles. The van der Waals surface area contributed by atoms with Crippen molar-refractivity contribution in [2.45, 2.75) is 57.3 Å². The number of aliphatic hydroxyl groups excluding tert-OH is 1. The number of ether oxygens (including phenoxy) is 2. The predicted octanol–water partition coefficient (Wildman–Crippen LogP) is 5.90. The van der Waals surface area contributed by atoms with Gasteiger partial charge in [0.05, 0.1) is 0 Å². The smallest absolute Gasteiger partial charge is 0.415 e. The number of benzene rings is 3. The van der Waals surface area contributed by atoms with E-state index in [2.05, 4.69) is 0 Å². The van der Waals surface area contributed by atoms with Crippen molar-refractivity contribution in [1.29, 1.82) is 0 Å². The summed E-state index contributed by atoms with van der Waals surface area (Å²) >= 11 is 1.61. The SMILES string of the molecule is CSc1ccc(C(=O)C2CN(C(=O)Oc3ccc(C)cc3)CC2c2cc(C)c(OC(C)(C)C(O)O)c(C)c2)cc1. The largest absolute Gasteiger partial charge is 0.482 e. The Labute approximate surface area is 240 Å². The van der Waals surface area contributed by atoms with Gasteiger partial charge in [-0.2, -0.15) is 0 Å². The number of aliphatic hydroxyl groups is 2. The van der Waals surface area contributed by atoms with Crippen LogP contribution < -0.4 is 9.47 Å². The summed E-state index contributed by atoms with van der Waals surface area (Å²) in [6, 6.07) is 18.7. The van der Waals surface area contributed by atoms with Gasteiger partial charge in [-0.25, -0.2) is 4.79 Å². The molecule has 1 fully saturated rings. The van der Waals surface area contributed by atoms with Gasteiger partial charge in [0.25, 0.3) is 0 Å². The molecule has 2 unspecified atom stereocenters. The van der Waals surface area contributed by atoms with Crippen LogP contribution in [0.5, 0.6) is 11.5 Å². The van der Waals surface area contributed by atoms with E-state index >= 15 is 0 Å². The van der Waals surface area contributed by atoms with Gasteiger partial charge in [-0.3, -0.25) is 4.79 Å². The van der Waals surface area contributed by atoms with Crippen LogP contribution in [0.4, 0.5) is 4.79 Å². The first-order valence-corrected chi connectivity index (χ1v) is 14.5. The first-order valence-electron chi connectivity index (χ1n) is 13.3. The molecule has 0 aromatic heterocycles. The molecule has 2 atom stereocenters. The summed E-state index contributed by atoms with van der Waals surface area (Å²) in [5.41, 5.74) is 2.99. The van der Waals surface area contributed by atoms with E-state index < -0.39 is 23.9 Å². The van der Waals surface area contributed by atoms with Crippen LogP contribution >= 0.6 is 11.8 Å². The third kappa shape index (κ3) is 6.52. The Balaban J connectivity index is 1.65. The standard InChI is InChI=1S/C32H37NO6S/c1-19-7-11-24(12-8-19)38-31(37)33-17-26(27(18-33)28(34)22-9-13-25(40-6)14-10-22)23-15-20(2)29(21(3)16-23)39-32(4,5)30(35)36/h7-16,26-27,30,35-36H,17-18H2,1-6H3. The second-order valence-corrected chi connectivity index (χ2v) is 11.8. The summed E-state index contributed by atoms with van der Waals surface area (Å²) in [7, 11) is 0. The van der Waals surface area contributed by atoms with Crippen LogP contribution in [-0.2, 0) is 0 Å². The molecule has 0 radical (unpaired) electrons. The number of hydrogen-bond donors (Lipinski definition) is 2. The van der Waals surface area contributed by atoms with Gasteiger partial charge in [0, 0.05) is 35.4 Å². The molecule has 8 heteroatoms. The van der Waals surface area contributed by atoms with Crippen LogP contribution in [0.25, 0.3) is 0 Å². The number of ketones is 1. The highest BCUT2D eigenvalue weighted by Crippen LogP contribution is 2.39. The number of likely N-dealkylation sites (tertiary alicyclic amines) is 1. The lowest BCUT2D eigenvalue weighted by atomic mass is 9.82. The average molecular weight is 564 g/mol. The van der Waals surface area contributed by atoms with E-state index in [9.17, 15) is 19.8 Å². The Bertz CT molecular complexity index is 1340. The minimum atomic E-state index is -1.66. The number of amides is 1. The molecular formula is C32H37NO6S. The van der Waals surface area contributed by atoms with E-state index in [1.165, 1.54) is 0 Å². The van der Waals surface area contributed by atoms with Crippen molar-refractivity contribution in [3.63, 3.8) is 0 Å². The molecule has 1 heterocycles. The maximum Gasteiger partial charge on any atom is 0.415 e. The third-order valence-corrected chi connectivity index (χ3v) is 8.16. The lowest BCUT2D eigenvalue weighted by Crippen LogP contribution is -2.42. The van der Waals surface area contributed by atoms with Gasteiger partial charge in [-0.1, -0.05) is 42.0 Å². The molecule has 1 aliphatic heterocycles. The van der Waals surface area contributed by atoms with Crippen molar-refractivity contribution in [2.24, 2.45) is 5.92 Å². The zero-order valence-electron chi connectivity index (χ0n) is 23.8. The fourth-order valence-electron chi connectivity index (χ4n) is 4.97. The molecule has 4 rings (SSSR count). The van der Waals surface area contributed by atoms with Gasteiger partial charge in [-0.15, -0.1) is 11.8 Å². The minimum absolute atomic E-state index is 0.0246. The maximum absolute atomic E-state index is 13.8. The van der Waals surface area contributed by atoms with Gasteiger partial charge in [0.1, 0.15) is 11.5 Å². The molecular weight excluding hydrogens is 526 g/mol. The Kier molecular flexibility index (Phi) is 8.93. The zero-order chi connectivity index (χ0) is 29.2. The van der Waals surface area contributed by atoms with Crippen molar-refractivity contribution in [2.75, 3.05) is 19.3 Å². The van der Waals surface area contributed by atoms with Crippen LogP contribution in [0.2, 0.25) is 0 Å². The molecule has 1 saturated heterocycles. The summed E-state index contributed by atoms with van der Waals surface area (Å²) in [4.78, 5) is 29.7. The van der Waals surface area contributed by atoms with E-state index in [1.807, 2.05) is 75.6 Å². The van der Waals surface area contributed by atoms with Crippen LogP contribution in [0.15, 0.2) is 65.6 Å². The highest BCUT2D eigenvalue weighted by atomic mass is 32.2. The van der Waals surface area contributed by atoms with E-state index in [-0.39, 0.29) is 18.2 Å². The fourth-order valence-corrected chi connectivity index (χ4v) is 5.38. The summed E-state index contributed by atoms with van der Waals surface area (Å²) < 4.78 is 11.6. The summed E-state index contributed by atoms with van der Waals surface area (Å²) in [5.74, 6) is 0.263. The van der Waals surface area contributed by atoms with Crippen molar-refractivity contribution < 1.29 is 29.3 Å². The van der Waals surface area contributed by atoms with E-state index in [4.69, 9.17) is 9.47 Å². The molecule has 0 bridgehead atoms. The fraction of sp³-hybridized carbons (Fsp3) is 0.375. The summed E-state index contributed by atoms with van der Waals surface area (Å²) in [6.45, 7) is 9.52. The number of carbonyl (C=O) groups excluding carboxylic acids is 2. The maximum atomic E-state index is 13.8. The number of Topliss-reactive ketones (excluding diaryl/α,β-unsaturated/α-hetero) is 1. The second-order valence-electron chi connectivity index (χ2n) is 11.0. The lowest BCUT2D eigenvalue weighted by molar-refractivity contribution is -0.154. The monoisotopic (exact) mass is 563 g/mol. The highest BCUT2D eigenvalue weighted by Gasteiger charge is 2.42. The number of aryl methyl sites for hydroxylation is 3. The Morgan fingerprint density at radius 3 is 2.10 bits per heavy atom. The van der Waals surface area contributed by atoms with Crippen molar-refractivity contribution in [3.8, 4) is 11.5 Å². The van der Waals surface area contributed by atoms with Gasteiger partial charge in [-0.05, 0) is 81.8 Å². The Morgan fingerprint density at radius 2 is 1.55 bits per heavy atom. The van der Waals surface area contributed by atoms with Crippen LogP contribution in [0.1, 0.15) is 52.4 Å². The molecule has 1 amide bonds. The Hall–Kier alpha value is -3.33. The number of rotatable bonds is 8. The topological polar surface area (TPSA) is 96.3 Å². The van der Waals surface area contributed by atoms with Crippen LogP contribution in [0.3, 0.4) is 0 Å². The number of hydrogen-bond acceptors (Lipinski definition) is 7. The molecule has 1 aliphatic rings. The first kappa shape index (κ1) is 29.6. The zero-order valence-corrected chi connectivity index (χ0v) is 24.6. The summed E-state index contributed by atoms with van der Waals surface area (Å²) in [5, 5.41) is 19.5. The van der Waals surface area contributed by atoms with Crippen LogP contribution in [0, 0.1) is 26.7 Å². The number of nitrogens with zero attached hydrogens (tertiary/aromatic N) is 1. The van der Waals surface area contributed by atoms with Crippen molar-refractivity contribution >= 4 is 23.6 Å². The second kappa shape index (κ2) is 12.0. The van der Waals surface area contributed by atoms with Crippen LogP contribution in [-0.4, -0.2) is 58.2 Å². The molecule has 2 N–H and O–H groups in total. The quantitative estimate of drug-likeness (QED) is 0.200.